The average Bonchev–Trinajstić information content (AvgIpc) is 2.81. The molecule has 31 heavy (non-hydrogen) atoms. The molecule has 1 fully saturated rings. The van der Waals surface area contributed by atoms with Crippen LogP contribution >= 0.6 is 23.2 Å². The molecule has 0 spiro atoms. The van der Waals surface area contributed by atoms with Crippen molar-refractivity contribution in [2.75, 3.05) is 31.1 Å². The van der Waals surface area contributed by atoms with E-state index in [1.807, 2.05) is 52.3 Å². The van der Waals surface area contributed by atoms with Crippen molar-refractivity contribution in [1.82, 2.24) is 14.7 Å². The molecule has 0 bridgehead atoms. The molecule has 2 aromatic carbocycles. The van der Waals surface area contributed by atoms with Crippen LogP contribution in [0.15, 0.2) is 65.6 Å². The number of hydrogen-bond acceptors (Lipinski definition) is 4. The summed E-state index contributed by atoms with van der Waals surface area (Å²) < 4.78 is 1.29. The molecule has 0 unspecified atom stereocenters. The summed E-state index contributed by atoms with van der Waals surface area (Å²) >= 11 is 12.3. The SMILES string of the molecule is O=C(CCc1ccc(Cl)cc1)N1CCN(c2cnn(-c3ccccc3)c(=O)c2Cl)CC1. The van der Waals surface area contributed by atoms with Crippen LogP contribution in [0.4, 0.5) is 5.69 Å². The molecule has 0 N–H and O–H groups in total. The summed E-state index contributed by atoms with van der Waals surface area (Å²) in [5, 5.41) is 5.13. The highest BCUT2D eigenvalue weighted by atomic mass is 35.5. The first-order valence-corrected chi connectivity index (χ1v) is 10.9. The molecule has 0 atom stereocenters. The lowest BCUT2D eigenvalue weighted by Gasteiger charge is -2.36. The van der Waals surface area contributed by atoms with E-state index in [2.05, 4.69) is 5.10 Å². The zero-order chi connectivity index (χ0) is 21.8. The van der Waals surface area contributed by atoms with Crippen molar-refractivity contribution in [3.63, 3.8) is 0 Å². The van der Waals surface area contributed by atoms with E-state index in [9.17, 15) is 9.59 Å². The molecular weight excluding hydrogens is 435 g/mol. The summed E-state index contributed by atoms with van der Waals surface area (Å²) in [6.45, 7) is 2.36. The van der Waals surface area contributed by atoms with Crippen molar-refractivity contribution in [2.24, 2.45) is 0 Å². The Morgan fingerprint density at radius 1 is 0.935 bits per heavy atom. The second kappa shape index (κ2) is 9.54. The van der Waals surface area contributed by atoms with Crippen LogP contribution in [-0.2, 0) is 11.2 Å². The Morgan fingerprint density at radius 3 is 2.29 bits per heavy atom. The second-order valence-corrected chi connectivity index (χ2v) is 8.20. The Morgan fingerprint density at radius 2 is 1.61 bits per heavy atom. The Labute approximate surface area is 190 Å². The van der Waals surface area contributed by atoms with Crippen molar-refractivity contribution < 1.29 is 4.79 Å². The van der Waals surface area contributed by atoms with Gasteiger partial charge in [0.05, 0.1) is 17.6 Å². The molecule has 1 aliphatic rings. The van der Waals surface area contributed by atoms with Crippen LogP contribution in [0, 0.1) is 0 Å². The molecule has 6 nitrogen and oxygen atoms in total. The van der Waals surface area contributed by atoms with Gasteiger partial charge >= 0.3 is 0 Å². The van der Waals surface area contributed by atoms with Crippen LogP contribution < -0.4 is 10.5 Å². The highest BCUT2D eigenvalue weighted by Gasteiger charge is 2.24. The van der Waals surface area contributed by atoms with Gasteiger partial charge < -0.3 is 9.80 Å². The topological polar surface area (TPSA) is 58.4 Å². The van der Waals surface area contributed by atoms with Crippen LogP contribution in [-0.4, -0.2) is 46.8 Å². The van der Waals surface area contributed by atoms with E-state index >= 15 is 0 Å². The van der Waals surface area contributed by atoms with Gasteiger partial charge in [0.25, 0.3) is 5.56 Å². The molecule has 0 saturated carbocycles. The molecule has 1 aromatic heterocycles. The third-order valence-corrected chi connectivity index (χ3v) is 6.02. The van der Waals surface area contributed by atoms with Crippen LogP contribution in [0.5, 0.6) is 0 Å². The molecule has 2 heterocycles. The number of carbonyl (C=O) groups is 1. The number of halogens is 2. The number of aromatic nitrogens is 2. The number of hydrogen-bond donors (Lipinski definition) is 0. The highest BCUT2D eigenvalue weighted by molar-refractivity contribution is 6.33. The predicted octanol–water partition coefficient (Wildman–Crippen LogP) is 3.82. The Kier molecular flexibility index (Phi) is 6.59. The summed E-state index contributed by atoms with van der Waals surface area (Å²) in [7, 11) is 0. The molecule has 0 aliphatic carbocycles. The van der Waals surface area contributed by atoms with E-state index in [4.69, 9.17) is 23.2 Å². The highest BCUT2D eigenvalue weighted by Crippen LogP contribution is 2.23. The van der Waals surface area contributed by atoms with Crippen molar-refractivity contribution in [3.8, 4) is 5.69 Å². The molecule has 0 radical (unpaired) electrons. The van der Waals surface area contributed by atoms with Crippen molar-refractivity contribution in [3.05, 3.63) is 86.8 Å². The molecule has 1 saturated heterocycles. The molecule has 4 rings (SSSR count). The smallest absolute Gasteiger partial charge is 0.292 e. The normalized spacial score (nSPS) is 14.0. The van der Waals surface area contributed by atoms with Crippen LogP contribution in [0.2, 0.25) is 10.0 Å². The second-order valence-electron chi connectivity index (χ2n) is 7.39. The molecule has 1 amide bonds. The first-order valence-electron chi connectivity index (χ1n) is 10.1. The van der Waals surface area contributed by atoms with Gasteiger partial charge in [0.15, 0.2) is 0 Å². The van der Waals surface area contributed by atoms with Gasteiger partial charge in [-0.2, -0.15) is 9.78 Å². The summed E-state index contributed by atoms with van der Waals surface area (Å²) in [5.74, 6) is 0.123. The third kappa shape index (κ3) is 4.92. The summed E-state index contributed by atoms with van der Waals surface area (Å²) in [6.07, 6.45) is 2.76. The lowest BCUT2D eigenvalue weighted by Crippen LogP contribution is -2.49. The van der Waals surface area contributed by atoms with Crippen LogP contribution in [0.1, 0.15) is 12.0 Å². The van der Waals surface area contributed by atoms with E-state index in [0.29, 0.717) is 55.4 Å². The zero-order valence-corrected chi connectivity index (χ0v) is 18.4. The van der Waals surface area contributed by atoms with Gasteiger partial charge in [-0.3, -0.25) is 9.59 Å². The number of anilines is 1. The average molecular weight is 457 g/mol. The Balaban J connectivity index is 1.37. The van der Waals surface area contributed by atoms with Crippen LogP contribution in [0.25, 0.3) is 5.69 Å². The maximum atomic E-state index is 12.7. The van der Waals surface area contributed by atoms with Gasteiger partial charge in [-0.05, 0) is 36.2 Å². The number of piperazine rings is 1. The number of benzene rings is 2. The van der Waals surface area contributed by atoms with E-state index in [-0.39, 0.29) is 16.5 Å². The quantitative estimate of drug-likeness (QED) is 0.585. The maximum absolute atomic E-state index is 12.7. The zero-order valence-electron chi connectivity index (χ0n) is 16.9. The summed E-state index contributed by atoms with van der Waals surface area (Å²) in [6, 6.07) is 16.7. The number of amides is 1. The summed E-state index contributed by atoms with van der Waals surface area (Å²) in [5.41, 5.74) is 2.00. The number of carbonyl (C=O) groups excluding carboxylic acids is 1. The molecule has 160 valence electrons. The molecule has 1 aliphatic heterocycles. The van der Waals surface area contributed by atoms with E-state index < -0.39 is 0 Å². The number of aryl methyl sites for hydroxylation is 1. The van der Waals surface area contributed by atoms with Gasteiger partial charge in [0.2, 0.25) is 5.91 Å². The van der Waals surface area contributed by atoms with Crippen molar-refractivity contribution in [1.29, 1.82) is 0 Å². The summed E-state index contributed by atoms with van der Waals surface area (Å²) in [4.78, 5) is 29.2. The Bertz CT molecular complexity index is 1110. The fourth-order valence-electron chi connectivity index (χ4n) is 3.65. The Hall–Kier alpha value is -2.83. The first kappa shape index (κ1) is 21.4. The van der Waals surface area contributed by atoms with Gasteiger partial charge in [0, 0.05) is 37.6 Å². The van der Waals surface area contributed by atoms with Crippen molar-refractivity contribution >= 4 is 34.8 Å². The van der Waals surface area contributed by atoms with Gasteiger partial charge in [-0.1, -0.05) is 53.5 Å². The lowest BCUT2D eigenvalue weighted by molar-refractivity contribution is -0.131. The number of para-hydroxylation sites is 1. The molecular formula is C23H22Cl2N4O2. The fraction of sp³-hybridized carbons (Fsp3) is 0.261. The first-order chi connectivity index (χ1) is 15.0. The van der Waals surface area contributed by atoms with Crippen LogP contribution in [0.3, 0.4) is 0 Å². The standard InChI is InChI=1S/C23H22Cl2N4O2/c24-18-9-6-17(7-10-18)8-11-21(30)28-14-12-27(13-15-28)20-16-26-29(23(31)22(20)25)19-4-2-1-3-5-19/h1-7,9-10,16H,8,11-15H2. The van der Waals surface area contributed by atoms with Gasteiger partial charge in [-0.25, -0.2) is 0 Å². The van der Waals surface area contributed by atoms with E-state index in [0.717, 1.165) is 5.56 Å². The minimum Gasteiger partial charge on any atom is -0.365 e. The minimum atomic E-state index is -0.355. The number of rotatable bonds is 5. The maximum Gasteiger partial charge on any atom is 0.292 e. The lowest BCUT2D eigenvalue weighted by atomic mass is 10.1. The predicted molar refractivity (Wildman–Crippen MR) is 123 cm³/mol. The van der Waals surface area contributed by atoms with Crippen molar-refractivity contribution in [2.45, 2.75) is 12.8 Å². The van der Waals surface area contributed by atoms with E-state index in [1.165, 1.54) is 4.68 Å². The van der Waals surface area contributed by atoms with E-state index in [1.54, 1.807) is 18.3 Å². The largest absolute Gasteiger partial charge is 0.365 e. The molecule has 8 heteroatoms. The van der Waals surface area contributed by atoms with Gasteiger partial charge in [0.1, 0.15) is 5.02 Å². The minimum absolute atomic E-state index is 0.123. The monoisotopic (exact) mass is 456 g/mol. The molecule has 3 aromatic rings. The number of nitrogens with zero attached hydrogens (tertiary/aromatic N) is 4. The fourth-order valence-corrected chi connectivity index (χ4v) is 4.03. The van der Waals surface area contributed by atoms with Gasteiger partial charge in [-0.15, -0.1) is 0 Å². The third-order valence-electron chi connectivity index (χ3n) is 5.42.